The average molecular weight is 291 g/mol. The zero-order valence-corrected chi connectivity index (χ0v) is 13.2. The molecule has 0 atom stereocenters. The average Bonchev–Trinajstić information content (AvgIpc) is 2.44. The second kappa shape index (κ2) is 7.61. The summed E-state index contributed by atoms with van der Waals surface area (Å²) >= 11 is 5.94. The Balaban J connectivity index is 2.26. The number of unbranched alkanes of at least 4 members (excludes halogenated alkanes) is 1. The third-order valence-electron chi connectivity index (χ3n) is 3.55. The number of pyridine rings is 1. The van der Waals surface area contributed by atoms with Gasteiger partial charge in [0.2, 0.25) is 0 Å². The molecule has 0 spiro atoms. The predicted molar refractivity (Wildman–Crippen MR) is 87.4 cm³/mol. The van der Waals surface area contributed by atoms with Crippen LogP contribution in [0.1, 0.15) is 31.0 Å². The molecule has 0 saturated carbocycles. The molecule has 2 nitrogen and oxygen atoms in total. The fourth-order valence-electron chi connectivity index (χ4n) is 2.54. The minimum absolute atomic E-state index is 0.686. The number of halogens is 1. The van der Waals surface area contributed by atoms with E-state index < -0.39 is 0 Å². The van der Waals surface area contributed by atoms with E-state index >= 15 is 0 Å². The molecule has 0 amide bonds. The number of hydrogen-bond acceptors (Lipinski definition) is 2. The Kier molecular flexibility index (Phi) is 5.81. The maximum Gasteiger partial charge on any atom is 0.0708 e. The maximum absolute atomic E-state index is 5.94. The molecule has 0 bridgehead atoms. The molecule has 0 saturated heterocycles. The number of hydrogen-bond donors (Lipinski definition) is 0. The van der Waals surface area contributed by atoms with E-state index in [0.717, 1.165) is 30.8 Å². The van der Waals surface area contributed by atoms with Crippen LogP contribution in [0.5, 0.6) is 0 Å². The number of rotatable bonds is 7. The summed E-state index contributed by atoms with van der Waals surface area (Å²) in [5, 5.41) is 1.26. The second-order valence-corrected chi connectivity index (χ2v) is 5.64. The minimum Gasteiger partial charge on any atom is -0.298 e. The van der Waals surface area contributed by atoms with E-state index in [2.05, 4.69) is 48.0 Å². The second-order valence-electron chi connectivity index (χ2n) is 5.26. The summed E-state index contributed by atoms with van der Waals surface area (Å²) in [6, 6.07) is 10.6. The van der Waals surface area contributed by atoms with E-state index in [1.54, 1.807) is 0 Å². The number of aromatic nitrogens is 1. The highest BCUT2D eigenvalue weighted by Gasteiger charge is 2.09. The molecule has 3 heteroatoms. The van der Waals surface area contributed by atoms with Gasteiger partial charge in [0.1, 0.15) is 0 Å². The molecule has 0 unspecified atom stereocenters. The van der Waals surface area contributed by atoms with Crippen molar-refractivity contribution >= 4 is 22.5 Å². The van der Waals surface area contributed by atoms with Crippen molar-refractivity contribution in [1.82, 2.24) is 9.88 Å². The van der Waals surface area contributed by atoms with Crippen molar-refractivity contribution in [3.8, 4) is 0 Å². The van der Waals surface area contributed by atoms with Gasteiger partial charge in [-0.3, -0.25) is 9.88 Å². The standard InChI is InChI=1S/C17H23ClN2/c1-3-4-10-20(11-9-18)13-15-12-14(2)19-17-8-6-5-7-16(15)17/h5-8,12H,3-4,9-11,13H2,1-2H3. The summed E-state index contributed by atoms with van der Waals surface area (Å²) in [4.78, 5) is 7.05. The highest BCUT2D eigenvalue weighted by atomic mass is 35.5. The predicted octanol–water partition coefficient (Wildman–Crippen LogP) is 4.38. The maximum atomic E-state index is 5.94. The number of nitrogens with zero attached hydrogens (tertiary/aromatic N) is 2. The van der Waals surface area contributed by atoms with Gasteiger partial charge in [0.25, 0.3) is 0 Å². The molecule has 1 heterocycles. The van der Waals surface area contributed by atoms with Crippen LogP contribution < -0.4 is 0 Å². The van der Waals surface area contributed by atoms with Gasteiger partial charge in [0.05, 0.1) is 5.52 Å². The summed E-state index contributed by atoms with van der Waals surface area (Å²) in [6.45, 7) is 7.30. The van der Waals surface area contributed by atoms with Gasteiger partial charge in [-0.25, -0.2) is 0 Å². The molecule has 0 N–H and O–H groups in total. The lowest BCUT2D eigenvalue weighted by atomic mass is 10.1. The number of alkyl halides is 1. The van der Waals surface area contributed by atoms with Gasteiger partial charge in [-0.2, -0.15) is 0 Å². The molecule has 0 radical (unpaired) electrons. The van der Waals surface area contributed by atoms with Gasteiger partial charge in [0, 0.05) is 30.0 Å². The van der Waals surface area contributed by atoms with Gasteiger partial charge in [-0.05, 0) is 37.6 Å². The van der Waals surface area contributed by atoms with E-state index in [-0.39, 0.29) is 0 Å². The third kappa shape index (κ3) is 3.94. The first-order valence-electron chi connectivity index (χ1n) is 7.38. The van der Waals surface area contributed by atoms with Crippen LogP contribution in [-0.4, -0.2) is 28.9 Å². The Labute approximate surface area is 126 Å². The molecule has 20 heavy (non-hydrogen) atoms. The highest BCUT2D eigenvalue weighted by molar-refractivity contribution is 6.18. The molecule has 1 aromatic carbocycles. The van der Waals surface area contributed by atoms with Crippen LogP contribution in [0, 0.1) is 6.92 Å². The Hall–Kier alpha value is -1.12. The lowest BCUT2D eigenvalue weighted by molar-refractivity contribution is 0.278. The molecular weight excluding hydrogens is 268 g/mol. The molecule has 108 valence electrons. The quantitative estimate of drug-likeness (QED) is 0.703. The van der Waals surface area contributed by atoms with Crippen LogP contribution in [-0.2, 0) is 6.54 Å². The number of aryl methyl sites for hydroxylation is 1. The molecule has 0 aliphatic heterocycles. The Morgan fingerprint density at radius 3 is 2.75 bits per heavy atom. The first-order chi connectivity index (χ1) is 9.74. The van der Waals surface area contributed by atoms with Crippen molar-refractivity contribution in [1.29, 1.82) is 0 Å². The molecule has 0 fully saturated rings. The topological polar surface area (TPSA) is 16.1 Å². The number of benzene rings is 1. The zero-order chi connectivity index (χ0) is 14.4. The van der Waals surface area contributed by atoms with Crippen LogP contribution in [0.25, 0.3) is 10.9 Å². The van der Waals surface area contributed by atoms with Crippen LogP contribution >= 0.6 is 11.6 Å². The molecule has 0 aliphatic carbocycles. The van der Waals surface area contributed by atoms with E-state index in [4.69, 9.17) is 11.6 Å². The van der Waals surface area contributed by atoms with Crippen molar-refractivity contribution in [3.63, 3.8) is 0 Å². The summed E-state index contributed by atoms with van der Waals surface area (Å²) in [5.41, 5.74) is 3.53. The van der Waals surface area contributed by atoms with Crippen molar-refractivity contribution in [2.75, 3.05) is 19.0 Å². The van der Waals surface area contributed by atoms with Crippen LogP contribution in [0.4, 0.5) is 0 Å². The molecule has 0 aliphatic rings. The van der Waals surface area contributed by atoms with Crippen LogP contribution in [0.15, 0.2) is 30.3 Å². The fraction of sp³-hybridized carbons (Fsp3) is 0.471. The van der Waals surface area contributed by atoms with Gasteiger partial charge in [0.15, 0.2) is 0 Å². The largest absolute Gasteiger partial charge is 0.298 e. The fourth-order valence-corrected chi connectivity index (χ4v) is 2.78. The Morgan fingerprint density at radius 1 is 1.20 bits per heavy atom. The van der Waals surface area contributed by atoms with Crippen molar-refractivity contribution in [2.45, 2.75) is 33.2 Å². The Morgan fingerprint density at radius 2 is 2.00 bits per heavy atom. The van der Waals surface area contributed by atoms with Gasteiger partial charge in [-0.1, -0.05) is 31.5 Å². The zero-order valence-electron chi connectivity index (χ0n) is 12.4. The van der Waals surface area contributed by atoms with Gasteiger partial charge >= 0.3 is 0 Å². The highest BCUT2D eigenvalue weighted by Crippen LogP contribution is 2.20. The molecule has 2 rings (SSSR count). The normalized spacial score (nSPS) is 11.4. The van der Waals surface area contributed by atoms with Crippen LogP contribution in [0.2, 0.25) is 0 Å². The van der Waals surface area contributed by atoms with Crippen molar-refractivity contribution in [2.24, 2.45) is 0 Å². The monoisotopic (exact) mass is 290 g/mol. The third-order valence-corrected chi connectivity index (χ3v) is 3.72. The molecule has 1 aromatic heterocycles. The van der Waals surface area contributed by atoms with E-state index in [1.807, 2.05) is 6.07 Å². The van der Waals surface area contributed by atoms with Crippen molar-refractivity contribution < 1.29 is 0 Å². The summed E-state index contributed by atoms with van der Waals surface area (Å²) in [6.07, 6.45) is 2.44. The smallest absolute Gasteiger partial charge is 0.0708 e. The first kappa shape index (κ1) is 15.3. The number of para-hydroxylation sites is 1. The van der Waals surface area contributed by atoms with E-state index in [9.17, 15) is 0 Å². The van der Waals surface area contributed by atoms with Crippen LogP contribution in [0.3, 0.4) is 0 Å². The van der Waals surface area contributed by atoms with Gasteiger partial charge < -0.3 is 0 Å². The Bertz CT molecular complexity index is 554. The molecular formula is C17H23ClN2. The SMILES string of the molecule is CCCCN(CCCl)Cc1cc(C)nc2ccccc12. The first-order valence-corrected chi connectivity index (χ1v) is 7.91. The summed E-state index contributed by atoms with van der Waals surface area (Å²) in [5.74, 6) is 0.686. The molecule has 2 aromatic rings. The summed E-state index contributed by atoms with van der Waals surface area (Å²) in [7, 11) is 0. The minimum atomic E-state index is 0.686. The van der Waals surface area contributed by atoms with Crippen molar-refractivity contribution in [3.05, 3.63) is 41.6 Å². The lowest BCUT2D eigenvalue weighted by Crippen LogP contribution is -2.26. The van der Waals surface area contributed by atoms with Gasteiger partial charge in [-0.15, -0.1) is 11.6 Å². The number of fused-ring (bicyclic) bond motifs is 1. The van der Waals surface area contributed by atoms with E-state index in [1.165, 1.54) is 23.8 Å². The van der Waals surface area contributed by atoms with E-state index in [0.29, 0.717) is 5.88 Å². The summed E-state index contributed by atoms with van der Waals surface area (Å²) < 4.78 is 0. The lowest BCUT2D eigenvalue weighted by Gasteiger charge is -2.22.